The van der Waals surface area contributed by atoms with Crippen LogP contribution in [-0.2, 0) is 4.74 Å². The first-order valence-corrected chi connectivity index (χ1v) is 6.89. The topological polar surface area (TPSA) is 41.5 Å². The molecule has 2 aliphatic rings. The fraction of sp³-hybridized carbons (Fsp3) is 0.600. The lowest BCUT2D eigenvalue weighted by molar-refractivity contribution is 0.0813. The Morgan fingerprint density at radius 2 is 2.33 bits per heavy atom. The maximum Gasteiger partial charge on any atom is 0.0893 e. The molecule has 3 nitrogen and oxygen atoms in total. The summed E-state index contributed by atoms with van der Waals surface area (Å²) in [6, 6.07) is 6.99. The summed E-state index contributed by atoms with van der Waals surface area (Å²) >= 11 is 0. The van der Waals surface area contributed by atoms with Crippen LogP contribution < -0.4 is 5.32 Å². The lowest BCUT2D eigenvalue weighted by Gasteiger charge is -2.36. The Kier molecular flexibility index (Phi) is 3.27. The fourth-order valence-electron chi connectivity index (χ4n) is 3.29. The number of fused-ring (bicyclic) bond motifs is 3. The van der Waals surface area contributed by atoms with Crippen LogP contribution >= 0.6 is 0 Å². The SMILES string of the molecule is Cc1ccc2c(c1)[C@H]1OCC[C@H]1[C@@H](CCCO)N2. The van der Waals surface area contributed by atoms with Crippen LogP contribution in [0.3, 0.4) is 0 Å². The molecule has 98 valence electrons. The third kappa shape index (κ3) is 2.02. The highest BCUT2D eigenvalue weighted by atomic mass is 16.5. The summed E-state index contributed by atoms with van der Waals surface area (Å²) in [6.45, 7) is 3.26. The molecule has 1 fully saturated rings. The van der Waals surface area contributed by atoms with Gasteiger partial charge >= 0.3 is 0 Å². The van der Waals surface area contributed by atoms with Crippen molar-refractivity contribution < 1.29 is 9.84 Å². The quantitative estimate of drug-likeness (QED) is 0.862. The van der Waals surface area contributed by atoms with Gasteiger partial charge < -0.3 is 15.2 Å². The van der Waals surface area contributed by atoms with Crippen molar-refractivity contribution in [3.8, 4) is 0 Å². The van der Waals surface area contributed by atoms with Crippen molar-refractivity contribution in [1.29, 1.82) is 0 Å². The van der Waals surface area contributed by atoms with Gasteiger partial charge in [-0.05, 0) is 32.3 Å². The predicted molar refractivity (Wildman–Crippen MR) is 71.7 cm³/mol. The molecule has 0 unspecified atom stereocenters. The highest BCUT2D eigenvalue weighted by Crippen LogP contribution is 2.45. The average molecular weight is 247 g/mol. The van der Waals surface area contributed by atoms with Crippen LogP contribution in [0.5, 0.6) is 0 Å². The summed E-state index contributed by atoms with van der Waals surface area (Å²) in [5, 5.41) is 12.6. The molecule has 2 N–H and O–H groups in total. The van der Waals surface area contributed by atoms with E-state index in [4.69, 9.17) is 9.84 Å². The molecule has 1 aromatic rings. The molecule has 0 aromatic heterocycles. The van der Waals surface area contributed by atoms with E-state index < -0.39 is 0 Å². The number of rotatable bonds is 3. The number of benzene rings is 1. The summed E-state index contributed by atoms with van der Waals surface area (Å²) < 4.78 is 5.95. The third-order valence-electron chi connectivity index (χ3n) is 4.18. The van der Waals surface area contributed by atoms with Crippen molar-refractivity contribution >= 4 is 5.69 Å². The second kappa shape index (κ2) is 4.90. The van der Waals surface area contributed by atoms with Gasteiger partial charge in [-0.25, -0.2) is 0 Å². The molecule has 2 heterocycles. The number of ether oxygens (including phenoxy) is 1. The van der Waals surface area contributed by atoms with E-state index in [1.54, 1.807) is 0 Å². The van der Waals surface area contributed by atoms with E-state index in [2.05, 4.69) is 30.4 Å². The van der Waals surface area contributed by atoms with E-state index in [0.717, 1.165) is 25.9 Å². The zero-order valence-electron chi connectivity index (χ0n) is 10.9. The highest BCUT2D eigenvalue weighted by molar-refractivity contribution is 5.57. The monoisotopic (exact) mass is 247 g/mol. The molecule has 3 rings (SSSR count). The number of aliphatic hydroxyl groups is 1. The van der Waals surface area contributed by atoms with Gasteiger partial charge in [0.1, 0.15) is 0 Å². The van der Waals surface area contributed by atoms with E-state index in [9.17, 15) is 0 Å². The van der Waals surface area contributed by atoms with Gasteiger partial charge in [0.2, 0.25) is 0 Å². The minimum Gasteiger partial charge on any atom is -0.396 e. The number of aryl methyl sites for hydroxylation is 1. The minimum absolute atomic E-state index is 0.254. The van der Waals surface area contributed by atoms with Gasteiger partial charge in [0.05, 0.1) is 6.10 Å². The third-order valence-corrected chi connectivity index (χ3v) is 4.18. The molecule has 0 spiro atoms. The Morgan fingerprint density at radius 3 is 3.17 bits per heavy atom. The summed E-state index contributed by atoms with van der Waals surface area (Å²) in [5.41, 5.74) is 3.82. The number of nitrogens with one attached hydrogen (secondary N) is 1. The van der Waals surface area contributed by atoms with Crippen molar-refractivity contribution in [1.82, 2.24) is 0 Å². The Hall–Kier alpha value is -1.06. The molecule has 3 atom stereocenters. The standard InChI is InChI=1S/C15H21NO2/c1-10-4-5-14-12(9-10)15-11(6-8-18-15)13(16-14)3-2-7-17/h4-5,9,11,13,15-17H,2-3,6-8H2,1H3/t11-,13+,15-/m0/s1. The average Bonchev–Trinajstić information content (AvgIpc) is 2.86. The summed E-state index contributed by atoms with van der Waals surface area (Å²) in [7, 11) is 0. The van der Waals surface area contributed by atoms with Gasteiger partial charge in [0.25, 0.3) is 0 Å². The lowest BCUT2D eigenvalue weighted by Crippen LogP contribution is -2.36. The van der Waals surface area contributed by atoms with Gasteiger partial charge in [0.15, 0.2) is 0 Å². The predicted octanol–water partition coefficient (Wildman–Crippen LogP) is 2.64. The fourth-order valence-corrected chi connectivity index (χ4v) is 3.29. The Morgan fingerprint density at radius 1 is 1.44 bits per heavy atom. The first kappa shape index (κ1) is 12.0. The Balaban J connectivity index is 1.89. The number of anilines is 1. The molecule has 3 heteroatoms. The first-order chi connectivity index (χ1) is 8.79. The maximum absolute atomic E-state index is 9.01. The van der Waals surface area contributed by atoms with Gasteiger partial charge in [0, 0.05) is 36.4 Å². The molecular weight excluding hydrogens is 226 g/mol. The summed E-state index contributed by atoms with van der Waals surface area (Å²) in [5.74, 6) is 0.561. The number of aliphatic hydroxyl groups excluding tert-OH is 1. The maximum atomic E-state index is 9.01. The number of hydrogen-bond donors (Lipinski definition) is 2. The highest BCUT2D eigenvalue weighted by Gasteiger charge is 2.40. The molecular formula is C15H21NO2. The van der Waals surface area contributed by atoms with E-state index >= 15 is 0 Å². The van der Waals surface area contributed by atoms with E-state index in [1.807, 2.05) is 0 Å². The lowest BCUT2D eigenvalue weighted by atomic mass is 9.82. The largest absolute Gasteiger partial charge is 0.396 e. The molecule has 0 saturated carbocycles. The smallest absolute Gasteiger partial charge is 0.0893 e. The first-order valence-electron chi connectivity index (χ1n) is 6.89. The van der Waals surface area contributed by atoms with Crippen molar-refractivity contribution in [3.05, 3.63) is 29.3 Å². The molecule has 0 amide bonds. The Labute approximate surface area is 108 Å². The van der Waals surface area contributed by atoms with E-state index in [-0.39, 0.29) is 12.7 Å². The molecule has 1 aromatic carbocycles. The molecule has 0 aliphatic carbocycles. The summed E-state index contributed by atoms with van der Waals surface area (Å²) in [4.78, 5) is 0. The van der Waals surface area contributed by atoms with Crippen molar-refractivity contribution in [3.63, 3.8) is 0 Å². The van der Waals surface area contributed by atoms with Crippen molar-refractivity contribution in [2.75, 3.05) is 18.5 Å². The van der Waals surface area contributed by atoms with Crippen molar-refractivity contribution in [2.45, 2.75) is 38.3 Å². The van der Waals surface area contributed by atoms with Crippen molar-refractivity contribution in [2.24, 2.45) is 5.92 Å². The van der Waals surface area contributed by atoms with E-state index in [1.165, 1.54) is 16.8 Å². The molecule has 0 radical (unpaired) electrons. The van der Waals surface area contributed by atoms with Crippen LogP contribution in [0.2, 0.25) is 0 Å². The number of hydrogen-bond acceptors (Lipinski definition) is 3. The summed E-state index contributed by atoms with van der Waals surface area (Å²) in [6.07, 6.45) is 3.27. The molecule has 2 aliphatic heterocycles. The van der Waals surface area contributed by atoms with E-state index in [0.29, 0.717) is 12.0 Å². The zero-order chi connectivity index (χ0) is 12.5. The van der Waals surface area contributed by atoms with Gasteiger partial charge in [-0.15, -0.1) is 0 Å². The van der Waals surface area contributed by atoms with Gasteiger partial charge in [-0.3, -0.25) is 0 Å². The zero-order valence-corrected chi connectivity index (χ0v) is 10.9. The van der Waals surface area contributed by atoms with Gasteiger partial charge in [-0.1, -0.05) is 17.7 Å². The van der Waals surface area contributed by atoms with Gasteiger partial charge in [-0.2, -0.15) is 0 Å². The van der Waals surface area contributed by atoms with Crippen LogP contribution in [0.15, 0.2) is 18.2 Å². The second-order valence-electron chi connectivity index (χ2n) is 5.45. The molecule has 0 bridgehead atoms. The second-order valence-corrected chi connectivity index (χ2v) is 5.45. The van der Waals surface area contributed by atoms with Crippen LogP contribution in [0.1, 0.15) is 36.5 Å². The Bertz CT molecular complexity index is 433. The van der Waals surface area contributed by atoms with Crippen LogP contribution in [0.4, 0.5) is 5.69 Å². The normalized spacial score (nSPS) is 29.6. The van der Waals surface area contributed by atoms with Crippen LogP contribution in [0.25, 0.3) is 0 Å². The molecule has 18 heavy (non-hydrogen) atoms. The van der Waals surface area contributed by atoms with Crippen LogP contribution in [0, 0.1) is 12.8 Å². The van der Waals surface area contributed by atoms with Crippen LogP contribution in [-0.4, -0.2) is 24.4 Å². The minimum atomic E-state index is 0.254. The molecule has 1 saturated heterocycles.